The first-order valence-electron chi connectivity index (χ1n) is 23.0. The minimum atomic E-state index is -0.699. The molecule has 3 heterocycles. The van der Waals surface area contributed by atoms with Crippen LogP contribution in [0.4, 0.5) is 0 Å². The molecule has 1 aliphatic carbocycles. The Morgan fingerprint density at radius 1 is 0.279 bits per heavy atom. The van der Waals surface area contributed by atoms with Crippen LogP contribution in [0.25, 0.3) is 99.1 Å². The molecule has 0 atom stereocenters. The molecule has 0 aliphatic heterocycles. The lowest BCUT2D eigenvalue weighted by molar-refractivity contribution is 0.756. The van der Waals surface area contributed by atoms with Gasteiger partial charge < -0.3 is 0 Å². The molecule has 0 saturated carbocycles. The van der Waals surface area contributed by atoms with Crippen LogP contribution in [-0.4, -0.2) is 19.9 Å². The fraction of sp³-hybridized carbons (Fsp3) is 0.0159. The van der Waals surface area contributed by atoms with Crippen LogP contribution in [0.5, 0.6) is 0 Å². The summed E-state index contributed by atoms with van der Waals surface area (Å²) in [5, 5.41) is 2.36. The van der Waals surface area contributed by atoms with Crippen LogP contribution in [0.2, 0.25) is 0 Å². The van der Waals surface area contributed by atoms with Gasteiger partial charge in [-0.1, -0.05) is 218 Å². The normalized spacial score (nSPS) is 12.5. The predicted octanol–water partition coefficient (Wildman–Crippen LogP) is 16.0. The highest BCUT2D eigenvalue weighted by Gasteiger charge is 2.44. The average molecular weight is 885 g/mol. The second-order valence-corrected chi connectivity index (χ2v) is 18.3. The predicted molar refractivity (Wildman–Crippen MR) is 280 cm³/mol. The van der Waals surface area contributed by atoms with Crippen molar-refractivity contribution in [2.45, 2.75) is 5.41 Å². The molecule has 0 fully saturated rings. The van der Waals surface area contributed by atoms with Gasteiger partial charge in [0.15, 0.2) is 11.6 Å². The molecule has 12 aromatic rings. The summed E-state index contributed by atoms with van der Waals surface area (Å²) in [6, 6.07) is 86.2. The number of hydrogen-bond acceptors (Lipinski definition) is 5. The lowest BCUT2D eigenvalue weighted by Gasteiger charge is -2.38. The quantitative estimate of drug-likeness (QED) is 0.153. The molecule has 3 aromatic heterocycles. The highest BCUT2D eigenvalue weighted by molar-refractivity contribution is 7.27. The first kappa shape index (κ1) is 39.7. The summed E-state index contributed by atoms with van der Waals surface area (Å²) < 4.78 is 2.23. The molecule has 0 N–H and O–H groups in total. The van der Waals surface area contributed by atoms with Crippen LogP contribution in [-0.2, 0) is 5.41 Å². The molecule has 0 saturated heterocycles. The van der Waals surface area contributed by atoms with Crippen molar-refractivity contribution in [1.29, 1.82) is 0 Å². The van der Waals surface area contributed by atoms with Crippen molar-refractivity contribution >= 4 is 31.5 Å². The number of nitrogens with zero attached hydrogens (tertiary/aromatic N) is 4. The van der Waals surface area contributed by atoms with Crippen LogP contribution in [0.1, 0.15) is 22.3 Å². The second-order valence-electron chi connectivity index (χ2n) is 17.2. The number of fused-ring (bicyclic) bond motifs is 2. The van der Waals surface area contributed by atoms with Crippen LogP contribution in [0.15, 0.2) is 243 Å². The summed E-state index contributed by atoms with van der Waals surface area (Å²) >= 11 is 1.79. The third-order valence-electron chi connectivity index (χ3n) is 13.4. The van der Waals surface area contributed by atoms with E-state index in [2.05, 4.69) is 218 Å². The monoisotopic (exact) mass is 884 g/mol. The Morgan fingerprint density at radius 3 is 1.07 bits per heavy atom. The van der Waals surface area contributed by atoms with E-state index in [-0.39, 0.29) is 0 Å². The zero-order valence-electron chi connectivity index (χ0n) is 36.8. The zero-order chi connectivity index (χ0) is 45.0. The van der Waals surface area contributed by atoms with E-state index >= 15 is 0 Å². The van der Waals surface area contributed by atoms with Gasteiger partial charge in [-0.25, -0.2) is 19.9 Å². The van der Waals surface area contributed by atoms with Gasteiger partial charge >= 0.3 is 0 Å². The maximum absolute atomic E-state index is 5.45. The molecule has 318 valence electrons. The van der Waals surface area contributed by atoms with Gasteiger partial charge in [0, 0.05) is 53.6 Å². The number of benzene rings is 9. The molecule has 0 bridgehead atoms. The molecule has 5 heteroatoms. The third-order valence-corrected chi connectivity index (χ3v) is 14.7. The van der Waals surface area contributed by atoms with E-state index < -0.39 is 5.41 Å². The molecule has 0 unspecified atom stereocenters. The Bertz CT molecular complexity index is 3660. The van der Waals surface area contributed by atoms with Gasteiger partial charge in [-0.3, -0.25) is 0 Å². The summed E-state index contributed by atoms with van der Waals surface area (Å²) in [5.41, 5.74) is 16.0. The van der Waals surface area contributed by atoms with Gasteiger partial charge in [-0.2, -0.15) is 0 Å². The summed E-state index contributed by atoms with van der Waals surface area (Å²) in [6.07, 6.45) is 0. The average Bonchev–Trinajstić information content (AvgIpc) is 3.79. The Balaban J connectivity index is 1.19. The Kier molecular flexibility index (Phi) is 9.55. The van der Waals surface area contributed by atoms with Crippen molar-refractivity contribution in [3.63, 3.8) is 0 Å². The first-order valence-corrected chi connectivity index (χ1v) is 23.8. The maximum Gasteiger partial charge on any atom is 0.161 e. The Hall–Kier alpha value is -8.64. The van der Waals surface area contributed by atoms with Crippen LogP contribution >= 0.6 is 11.3 Å². The van der Waals surface area contributed by atoms with Gasteiger partial charge in [0.05, 0.1) is 28.2 Å². The Labute approximate surface area is 398 Å². The summed E-state index contributed by atoms with van der Waals surface area (Å²) in [4.78, 5) is 21.7. The fourth-order valence-electron chi connectivity index (χ4n) is 10.4. The van der Waals surface area contributed by atoms with E-state index in [1.54, 1.807) is 11.3 Å². The molecule has 4 nitrogen and oxygen atoms in total. The van der Waals surface area contributed by atoms with E-state index in [1.165, 1.54) is 44.2 Å². The summed E-state index contributed by atoms with van der Waals surface area (Å²) in [7, 11) is 0. The fourth-order valence-corrected chi connectivity index (χ4v) is 11.8. The van der Waals surface area contributed by atoms with Crippen molar-refractivity contribution in [2.24, 2.45) is 0 Å². The zero-order valence-corrected chi connectivity index (χ0v) is 37.6. The maximum atomic E-state index is 5.45. The van der Waals surface area contributed by atoms with Gasteiger partial charge in [-0.15, -0.1) is 11.3 Å². The number of aromatic nitrogens is 4. The van der Waals surface area contributed by atoms with E-state index in [0.29, 0.717) is 11.6 Å². The first-order chi connectivity index (χ1) is 33.7. The number of thiophene rings is 1. The topological polar surface area (TPSA) is 51.6 Å². The minimum Gasteiger partial charge on any atom is -0.228 e. The van der Waals surface area contributed by atoms with E-state index in [0.717, 1.165) is 65.6 Å². The summed E-state index contributed by atoms with van der Waals surface area (Å²) in [5.74, 6) is 1.35. The van der Waals surface area contributed by atoms with Crippen LogP contribution in [0, 0.1) is 0 Å². The van der Waals surface area contributed by atoms with Crippen molar-refractivity contribution in [3.8, 4) is 78.9 Å². The molecule has 13 rings (SSSR count). The molecule has 0 amide bonds. The second kappa shape index (κ2) is 16.4. The molecule has 9 aromatic carbocycles. The number of hydrogen-bond donors (Lipinski definition) is 0. The van der Waals surface area contributed by atoms with E-state index in [4.69, 9.17) is 19.9 Å². The molecule has 0 radical (unpaired) electrons. The highest BCUT2D eigenvalue weighted by atomic mass is 32.1. The van der Waals surface area contributed by atoms with Crippen molar-refractivity contribution in [2.75, 3.05) is 0 Å². The Morgan fingerprint density at radius 2 is 0.632 bits per heavy atom. The number of rotatable bonds is 8. The largest absolute Gasteiger partial charge is 0.228 e. The van der Waals surface area contributed by atoms with Crippen molar-refractivity contribution in [3.05, 3.63) is 265 Å². The van der Waals surface area contributed by atoms with Crippen LogP contribution in [0.3, 0.4) is 0 Å². The molecular weight excluding hydrogens is 845 g/mol. The molecule has 1 aliphatic rings. The lowest BCUT2D eigenvalue weighted by Crippen LogP contribution is -2.31. The van der Waals surface area contributed by atoms with Crippen molar-refractivity contribution < 1.29 is 0 Å². The van der Waals surface area contributed by atoms with Gasteiger partial charge in [0.2, 0.25) is 0 Å². The smallest absolute Gasteiger partial charge is 0.161 e. The van der Waals surface area contributed by atoms with E-state index in [1.807, 2.05) is 24.3 Å². The SMILES string of the molecule is c1ccc(-c2cc(-c3ccccc3)nc(-c3ccc4c5c3sc3c(-c6nc(-c7ccccc7)cc(-c7ccccc7)n6)ccc(c35)C(c3ccccc3)(c3ccccc3)c3ccccc3-4)n2)cc1. The highest BCUT2D eigenvalue weighted by Crippen LogP contribution is 2.58. The molecular formula is C63H40N4S. The van der Waals surface area contributed by atoms with Crippen molar-refractivity contribution in [1.82, 2.24) is 19.9 Å². The molecule has 68 heavy (non-hydrogen) atoms. The van der Waals surface area contributed by atoms with Crippen LogP contribution < -0.4 is 0 Å². The standard InChI is InChI=1S/C63H40N4S/c1-7-21-41(22-8-1)53-39-54(42-23-9-2-10-24-42)65-61(64-53)49-36-35-48-47-33-19-20-34-51(47)63(45-29-15-5-16-30-45,46-31-17-6-18-32-46)52-38-37-50(60-58(52)57(48)59(49)68-60)62-66-55(43-25-11-3-12-26-43)40-56(67-62)44-27-13-4-14-28-44/h1-40H. The van der Waals surface area contributed by atoms with E-state index in [9.17, 15) is 0 Å². The van der Waals surface area contributed by atoms with Gasteiger partial charge in [0.1, 0.15) is 0 Å². The summed E-state index contributed by atoms with van der Waals surface area (Å²) in [6.45, 7) is 0. The third kappa shape index (κ3) is 6.43. The minimum absolute atomic E-state index is 0.673. The van der Waals surface area contributed by atoms with Gasteiger partial charge in [0.25, 0.3) is 0 Å². The molecule has 0 spiro atoms. The lowest BCUT2D eigenvalue weighted by atomic mass is 9.63. The van der Waals surface area contributed by atoms with Gasteiger partial charge in [-0.05, 0) is 57.6 Å².